The Kier molecular flexibility index (Phi) is 2.00. The molecule has 2 rings (SSSR count). The topological polar surface area (TPSA) is 53.1 Å². The van der Waals surface area contributed by atoms with Crippen LogP contribution in [0.3, 0.4) is 0 Å². The van der Waals surface area contributed by atoms with Crippen LogP contribution in [0.25, 0.3) is 10.9 Å². The minimum atomic E-state index is -0.0495. The zero-order valence-electron chi connectivity index (χ0n) is 7.87. The number of phenolic OH excluding ortho intramolecular Hbond substituents is 1. The monoisotopic (exact) mass is 189 g/mol. The largest absolute Gasteiger partial charge is 0.506 e. The summed E-state index contributed by atoms with van der Waals surface area (Å²) in [6.07, 6.45) is 0.750. The number of aromatic hydroxyl groups is 1. The molecular weight excluding hydrogens is 178 g/mol. The standard InChI is InChI=1S/C11H11NO2/c1-2-7-6-10(14)8-4-3-5-9(13)11(8)12-7/h3-6,13H,2H2,1H3,(H,12,14). The summed E-state index contributed by atoms with van der Waals surface area (Å²) in [5.41, 5.74) is 1.31. The molecule has 3 nitrogen and oxygen atoms in total. The van der Waals surface area contributed by atoms with Crippen molar-refractivity contribution < 1.29 is 5.11 Å². The Bertz CT molecular complexity index is 528. The fraction of sp³-hybridized carbons (Fsp3) is 0.182. The maximum Gasteiger partial charge on any atom is 0.189 e. The first kappa shape index (κ1) is 8.81. The molecule has 0 unspecified atom stereocenters. The summed E-state index contributed by atoms with van der Waals surface area (Å²) in [4.78, 5) is 14.6. The Hall–Kier alpha value is -1.77. The van der Waals surface area contributed by atoms with Crippen LogP contribution in [0.4, 0.5) is 0 Å². The number of aryl methyl sites for hydroxylation is 1. The SMILES string of the molecule is CCc1cc(=O)c2cccc(O)c2[nH]1. The van der Waals surface area contributed by atoms with E-state index in [0.29, 0.717) is 10.9 Å². The highest BCUT2D eigenvalue weighted by atomic mass is 16.3. The molecule has 72 valence electrons. The third kappa shape index (κ3) is 1.27. The van der Waals surface area contributed by atoms with Crippen molar-refractivity contribution >= 4 is 10.9 Å². The van der Waals surface area contributed by atoms with Gasteiger partial charge < -0.3 is 10.1 Å². The quantitative estimate of drug-likeness (QED) is 0.718. The van der Waals surface area contributed by atoms with E-state index >= 15 is 0 Å². The second kappa shape index (κ2) is 3.18. The molecule has 0 spiro atoms. The molecule has 0 radical (unpaired) electrons. The molecule has 0 atom stereocenters. The van der Waals surface area contributed by atoms with E-state index in [1.807, 2.05) is 6.92 Å². The smallest absolute Gasteiger partial charge is 0.189 e. The second-order valence-corrected chi connectivity index (χ2v) is 3.21. The molecule has 1 aromatic carbocycles. The van der Waals surface area contributed by atoms with Gasteiger partial charge in [0.1, 0.15) is 5.75 Å². The summed E-state index contributed by atoms with van der Waals surface area (Å²) in [6, 6.07) is 6.51. The number of para-hydroxylation sites is 1. The van der Waals surface area contributed by atoms with Crippen LogP contribution in [0.5, 0.6) is 5.75 Å². The summed E-state index contributed by atoms with van der Waals surface area (Å²) in [5.74, 6) is 0.120. The summed E-state index contributed by atoms with van der Waals surface area (Å²) in [5, 5.41) is 10.1. The van der Waals surface area contributed by atoms with Gasteiger partial charge in [-0.15, -0.1) is 0 Å². The lowest BCUT2D eigenvalue weighted by molar-refractivity contribution is 0.480. The molecule has 3 heteroatoms. The fourth-order valence-corrected chi connectivity index (χ4v) is 1.50. The lowest BCUT2D eigenvalue weighted by Crippen LogP contribution is -2.04. The molecule has 2 aromatic rings. The van der Waals surface area contributed by atoms with Crippen molar-refractivity contribution in [2.24, 2.45) is 0 Å². The highest BCUT2D eigenvalue weighted by Crippen LogP contribution is 2.19. The Morgan fingerprint density at radius 2 is 2.21 bits per heavy atom. The van der Waals surface area contributed by atoms with Crippen LogP contribution in [0.2, 0.25) is 0 Å². The fourth-order valence-electron chi connectivity index (χ4n) is 1.50. The molecule has 0 aliphatic carbocycles. The molecule has 1 heterocycles. The predicted molar refractivity (Wildman–Crippen MR) is 55.6 cm³/mol. The Morgan fingerprint density at radius 1 is 1.43 bits per heavy atom. The Labute approximate surface area is 81.0 Å². The summed E-state index contributed by atoms with van der Waals surface area (Å²) in [6.45, 7) is 1.96. The van der Waals surface area contributed by atoms with E-state index in [-0.39, 0.29) is 11.2 Å². The molecule has 0 aliphatic heterocycles. The van der Waals surface area contributed by atoms with Crippen LogP contribution in [0, 0.1) is 0 Å². The van der Waals surface area contributed by atoms with Gasteiger partial charge in [-0.25, -0.2) is 0 Å². The predicted octanol–water partition coefficient (Wildman–Crippen LogP) is 1.80. The number of nitrogens with one attached hydrogen (secondary N) is 1. The molecule has 0 amide bonds. The highest BCUT2D eigenvalue weighted by Gasteiger charge is 2.03. The molecule has 0 saturated heterocycles. The highest BCUT2D eigenvalue weighted by molar-refractivity contribution is 5.84. The number of aromatic nitrogens is 1. The number of H-pyrrole nitrogens is 1. The maximum absolute atomic E-state index is 11.6. The summed E-state index contributed by atoms with van der Waals surface area (Å²) < 4.78 is 0. The third-order valence-electron chi connectivity index (χ3n) is 2.28. The zero-order valence-corrected chi connectivity index (χ0v) is 7.87. The first-order valence-corrected chi connectivity index (χ1v) is 4.56. The van der Waals surface area contributed by atoms with Crippen molar-refractivity contribution in [2.75, 3.05) is 0 Å². The average molecular weight is 189 g/mol. The molecule has 0 fully saturated rings. The van der Waals surface area contributed by atoms with E-state index in [9.17, 15) is 9.90 Å². The van der Waals surface area contributed by atoms with Crippen LogP contribution in [0.1, 0.15) is 12.6 Å². The molecule has 14 heavy (non-hydrogen) atoms. The van der Waals surface area contributed by atoms with Crippen LogP contribution >= 0.6 is 0 Å². The van der Waals surface area contributed by atoms with E-state index in [1.165, 1.54) is 0 Å². The Morgan fingerprint density at radius 3 is 2.93 bits per heavy atom. The minimum absolute atomic E-state index is 0.0495. The zero-order chi connectivity index (χ0) is 10.1. The van der Waals surface area contributed by atoms with Gasteiger partial charge in [-0.2, -0.15) is 0 Å². The van der Waals surface area contributed by atoms with E-state index in [4.69, 9.17) is 0 Å². The number of pyridine rings is 1. The lowest BCUT2D eigenvalue weighted by atomic mass is 10.1. The number of fused-ring (bicyclic) bond motifs is 1. The van der Waals surface area contributed by atoms with Gasteiger partial charge in [0.2, 0.25) is 0 Å². The summed E-state index contributed by atoms with van der Waals surface area (Å²) >= 11 is 0. The van der Waals surface area contributed by atoms with Gasteiger partial charge in [0.15, 0.2) is 5.43 Å². The van der Waals surface area contributed by atoms with Gasteiger partial charge in [-0.1, -0.05) is 13.0 Å². The number of hydrogen-bond acceptors (Lipinski definition) is 2. The number of phenols is 1. The van der Waals surface area contributed by atoms with Gasteiger partial charge in [-0.05, 0) is 18.6 Å². The van der Waals surface area contributed by atoms with Crippen molar-refractivity contribution in [1.82, 2.24) is 4.98 Å². The van der Waals surface area contributed by atoms with E-state index in [2.05, 4.69) is 4.98 Å². The Balaban J connectivity index is 2.91. The van der Waals surface area contributed by atoms with Crippen molar-refractivity contribution in [3.05, 3.63) is 40.2 Å². The van der Waals surface area contributed by atoms with Crippen LogP contribution in [-0.4, -0.2) is 10.1 Å². The van der Waals surface area contributed by atoms with Gasteiger partial charge in [0.25, 0.3) is 0 Å². The normalized spacial score (nSPS) is 10.6. The van der Waals surface area contributed by atoms with Crippen LogP contribution < -0.4 is 5.43 Å². The van der Waals surface area contributed by atoms with Gasteiger partial charge in [-0.3, -0.25) is 4.79 Å². The van der Waals surface area contributed by atoms with Gasteiger partial charge in [0, 0.05) is 17.1 Å². The molecule has 0 aliphatic rings. The number of rotatable bonds is 1. The van der Waals surface area contributed by atoms with E-state index in [0.717, 1.165) is 12.1 Å². The minimum Gasteiger partial charge on any atom is -0.506 e. The first-order valence-electron chi connectivity index (χ1n) is 4.56. The third-order valence-corrected chi connectivity index (χ3v) is 2.28. The lowest BCUT2D eigenvalue weighted by Gasteiger charge is -2.03. The first-order chi connectivity index (χ1) is 6.72. The van der Waals surface area contributed by atoms with Gasteiger partial charge >= 0.3 is 0 Å². The number of benzene rings is 1. The van der Waals surface area contributed by atoms with Crippen LogP contribution in [-0.2, 0) is 6.42 Å². The van der Waals surface area contributed by atoms with Crippen molar-refractivity contribution in [1.29, 1.82) is 0 Å². The molecule has 1 aromatic heterocycles. The molecule has 0 saturated carbocycles. The van der Waals surface area contributed by atoms with E-state index in [1.54, 1.807) is 24.3 Å². The average Bonchev–Trinajstić information content (AvgIpc) is 2.19. The van der Waals surface area contributed by atoms with Crippen LogP contribution in [0.15, 0.2) is 29.1 Å². The second-order valence-electron chi connectivity index (χ2n) is 3.21. The van der Waals surface area contributed by atoms with Crippen molar-refractivity contribution in [2.45, 2.75) is 13.3 Å². The molecule has 0 bridgehead atoms. The van der Waals surface area contributed by atoms with Crippen molar-refractivity contribution in [3.63, 3.8) is 0 Å². The maximum atomic E-state index is 11.6. The van der Waals surface area contributed by atoms with Gasteiger partial charge in [0.05, 0.1) is 5.52 Å². The molecule has 2 N–H and O–H groups in total. The number of aromatic amines is 1. The summed E-state index contributed by atoms with van der Waals surface area (Å²) in [7, 11) is 0. The van der Waals surface area contributed by atoms with E-state index < -0.39 is 0 Å². The number of hydrogen-bond donors (Lipinski definition) is 2. The van der Waals surface area contributed by atoms with Crippen molar-refractivity contribution in [3.8, 4) is 5.75 Å². The molecular formula is C11H11NO2.